The van der Waals surface area contributed by atoms with Gasteiger partial charge in [0.15, 0.2) is 0 Å². The van der Waals surface area contributed by atoms with Crippen molar-refractivity contribution in [1.29, 1.82) is 0 Å². The number of carbonyl (C=O) groups is 3. The van der Waals surface area contributed by atoms with Crippen LogP contribution >= 0.6 is 23.2 Å². The zero-order chi connectivity index (χ0) is 23.1. The summed E-state index contributed by atoms with van der Waals surface area (Å²) in [5, 5.41) is 3.51. The lowest BCUT2D eigenvalue weighted by Gasteiger charge is -2.29. The van der Waals surface area contributed by atoms with Gasteiger partial charge in [0, 0.05) is 38.2 Å². The van der Waals surface area contributed by atoms with Gasteiger partial charge in [-0.1, -0.05) is 53.5 Å². The van der Waals surface area contributed by atoms with Crippen LogP contribution < -0.4 is 5.32 Å². The van der Waals surface area contributed by atoms with Crippen LogP contribution in [0.25, 0.3) is 5.57 Å². The summed E-state index contributed by atoms with van der Waals surface area (Å²) in [7, 11) is 0. The first-order valence-electron chi connectivity index (χ1n) is 11.0. The average molecular weight is 484 g/mol. The van der Waals surface area contributed by atoms with Crippen molar-refractivity contribution in [3.8, 4) is 0 Å². The number of nitrogens with zero attached hydrogens (tertiary/aromatic N) is 2. The third-order valence-corrected chi connectivity index (χ3v) is 7.40. The number of rotatable bonds is 4. The minimum absolute atomic E-state index is 0.144. The fourth-order valence-electron chi connectivity index (χ4n) is 4.84. The molecule has 3 aliphatic heterocycles. The number of halogens is 2. The molecule has 1 N–H and O–H groups in total. The van der Waals surface area contributed by atoms with E-state index in [1.165, 1.54) is 5.57 Å². The Labute approximate surface area is 202 Å². The van der Waals surface area contributed by atoms with Crippen molar-refractivity contribution in [2.75, 3.05) is 13.1 Å². The second kappa shape index (κ2) is 8.93. The fraction of sp³-hybridized carbons (Fsp3) is 0.320. The number of imide groups is 1. The zero-order valence-electron chi connectivity index (χ0n) is 17.9. The Morgan fingerprint density at radius 3 is 2.64 bits per heavy atom. The van der Waals surface area contributed by atoms with Gasteiger partial charge in [-0.2, -0.15) is 0 Å². The van der Waals surface area contributed by atoms with E-state index >= 15 is 0 Å². The van der Waals surface area contributed by atoms with Crippen molar-refractivity contribution in [3.63, 3.8) is 0 Å². The molecule has 1 fully saturated rings. The van der Waals surface area contributed by atoms with Crippen LogP contribution in [0.5, 0.6) is 0 Å². The van der Waals surface area contributed by atoms with Gasteiger partial charge in [0.1, 0.15) is 6.04 Å². The molecule has 1 atom stereocenters. The van der Waals surface area contributed by atoms with E-state index in [1.54, 1.807) is 11.0 Å². The van der Waals surface area contributed by atoms with Gasteiger partial charge in [0.2, 0.25) is 11.8 Å². The van der Waals surface area contributed by atoms with Crippen molar-refractivity contribution in [3.05, 3.63) is 74.8 Å². The molecule has 8 heteroatoms. The first-order chi connectivity index (χ1) is 15.9. The molecule has 1 unspecified atom stereocenters. The molecular formula is C25H23Cl2N3O3. The number of fused-ring (bicyclic) bond motifs is 1. The maximum absolute atomic E-state index is 12.9. The topological polar surface area (TPSA) is 69.7 Å². The fourth-order valence-corrected chi connectivity index (χ4v) is 5.26. The van der Waals surface area contributed by atoms with Crippen molar-refractivity contribution < 1.29 is 14.4 Å². The molecule has 1 saturated heterocycles. The summed E-state index contributed by atoms with van der Waals surface area (Å²) in [6, 6.07) is 11.0. The van der Waals surface area contributed by atoms with Gasteiger partial charge in [-0.25, -0.2) is 0 Å². The Bertz CT molecular complexity index is 1190. The monoisotopic (exact) mass is 483 g/mol. The summed E-state index contributed by atoms with van der Waals surface area (Å²) in [6.45, 7) is 2.86. The highest BCUT2D eigenvalue weighted by molar-refractivity contribution is 6.43. The van der Waals surface area contributed by atoms with E-state index in [0.717, 1.165) is 42.7 Å². The Hall–Kier alpha value is -2.67. The van der Waals surface area contributed by atoms with E-state index < -0.39 is 6.04 Å². The molecule has 0 saturated carbocycles. The van der Waals surface area contributed by atoms with Gasteiger partial charge in [-0.15, -0.1) is 0 Å². The number of benzene rings is 2. The highest BCUT2D eigenvalue weighted by Gasteiger charge is 2.39. The molecule has 0 aromatic heterocycles. The molecule has 0 aliphatic carbocycles. The minimum Gasteiger partial charge on any atom is -0.322 e. The second-order valence-electron chi connectivity index (χ2n) is 8.71. The largest absolute Gasteiger partial charge is 0.322 e. The summed E-state index contributed by atoms with van der Waals surface area (Å²) in [5.74, 6) is -0.808. The molecule has 5 rings (SSSR count). The summed E-state index contributed by atoms with van der Waals surface area (Å²) in [6.07, 6.45) is 3.71. The lowest BCUT2D eigenvalue weighted by molar-refractivity contribution is -0.136. The van der Waals surface area contributed by atoms with Gasteiger partial charge in [-0.05, 0) is 47.2 Å². The van der Waals surface area contributed by atoms with Gasteiger partial charge in [0.25, 0.3) is 5.91 Å². The predicted octanol–water partition coefficient (Wildman–Crippen LogP) is 4.04. The minimum atomic E-state index is -0.588. The molecule has 2 aromatic carbocycles. The van der Waals surface area contributed by atoms with E-state index in [1.807, 2.05) is 24.3 Å². The van der Waals surface area contributed by atoms with Crippen LogP contribution in [0.3, 0.4) is 0 Å². The molecule has 0 spiro atoms. The lowest BCUT2D eigenvalue weighted by Crippen LogP contribution is -2.52. The summed E-state index contributed by atoms with van der Waals surface area (Å²) in [5.41, 5.74) is 4.90. The molecule has 0 bridgehead atoms. The maximum atomic E-state index is 12.9. The molecule has 2 aromatic rings. The van der Waals surface area contributed by atoms with Gasteiger partial charge in [-0.3, -0.25) is 24.6 Å². The third-order valence-electron chi connectivity index (χ3n) is 6.58. The van der Waals surface area contributed by atoms with Gasteiger partial charge in [0.05, 0.1) is 10.0 Å². The van der Waals surface area contributed by atoms with Crippen molar-refractivity contribution in [1.82, 2.24) is 15.1 Å². The number of amides is 3. The van der Waals surface area contributed by atoms with E-state index in [2.05, 4.69) is 22.4 Å². The molecule has 3 amide bonds. The lowest BCUT2D eigenvalue weighted by atomic mass is 9.99. The first-order valence-corrected chi connectivity index (χ1v) is 11.8. The number of piperidine rings is 1. The summed E-state index contributed by atoms with van der Waals surface area (Å²) < 4.78 is 0. The smallest absolute Gasteiger partial charge is 0.255 e. The molecule has 6 nitrogen and oxygen atoms in total. The van der Waals surface area contributed by atoms with E-state index in [-0.39, 0.29) is 24.1 Å². The normalized spacial score (nSPS) is 21.2. The molecule has 3 heterocycles. The summed E-state index contributed by atoms with van der Waals surface area (Å²) in [4.78, 5) is 40.5. The van der Waals surface area contributed by atoms with Crippen LogP contribution in [-0.4, -0.2) is 46.7 Å². The van der Waals surface area contributed by atoms with Crippen LogP contribution in [0, 0.1) is 0 Å². The van der Waals surface area contributed by atoms with Crippen LogP contribution in [0.1, 0.15) is 46.3 Å². The van der Waals surface area contributed by atoms with Gasteiger partial charge < -0.3 is 4.90 Å². The van der Waals surface area contributed by atoms with Crippen LogP contribution in [0.15, 0.2) is 42.5 Å². The molecule has 33 heavy (non-hydrogen) atoms. The molecule has 170 valence electrons. The van der Waals surface area contributed by atoms with Crippen LogP contribution in [0.4, 0.5) is 0 Å². The Morgan fingerprint density at radius 1 is 1.03 bits per heavy atom. The molecule has 3 aliphatic rings. The van der Waals surface area contributed by atoms with E-state index in [9.17, 15) is 14.4 Å². The maximum Gasteiger partial charge on any atom is 0.255 e. The Kier molecular flexibility index (Phi) is 5.99. The zero-order valence-corrected chi connectivity index (χ0v) is 19.5. The van der Waals surface area contributed by atoms with E-state index in [0.29, 0.717) is 28.6 Å². The summed E-state index contributed by atoms with van der Waals surface area (Å²) >= 11 is 12.5. The predicted molar refractivity (Wildman–Crippen MR) is 127 cm³/mol. The SMILES string of the molecule is O=C1CCC(N2Cc3cc(CN4CC=C(c5cccc(Cl)c5Cl)CC4)ccc3C2=O)C(=O)N1. The van der Waals surface area contributed by atoms with Crippen LogP contribution in [0.2, 0.25) is 10.0 Å². The second-order valence-corrected chi connectivity index (χ2v) is 9.49. The highest BCUT2D eigenvalue weighted by atomic mass is 35.5. The van der Waals surface area contributed by atoms with Crippen LogP contribution in [-0.2, 0) is 22.7 Å². The standard InChI is InChI=1S/C25H23Cl2N3O3/c26-20-3-1-2-18(23(20)27)16-8-10-29(11-9-16)13-15-4-5-19-17(12-15)14-30(25(19)33)21-6-7-22(31)28-24(21)32/h1-5,8,12,21H,6-7,9-11,13-14H2,(H,28,31,32). The van der Waals surface area contributed by atoms with Crippen molar-refractivity contribution >= 4 is 46.5 Å². The number of hydrogen-bond donors (Lipinski definition) is 1. The molecule has 0 radical (unpaired) electrons. The first kappa shape index (κ1) is 22.1. The number of hydrogen-bond acceptors (Lipinski definition) is 4. The average Bonchev–Trinajstić information content (AvgIpc) is 3.12. The Balaban J connectivity index is 1.26. The van der Waals surface area contributed by atoms with Gasteiger partial charge >= 0.3 is 0 Å². The molecular weight excluding hydrogens is 461 g/mol. The number of nitrogens with one attached hydrogen (secondary N) is 1. The van der Waals surface area contributed by atoms with Crippen molar-refractivity contribution in [2.45, 2.75) is 38.4 Å². The van der Waals surface area contributed by atoms with E-state index in [4.69, 9.17) is 23.2 Å². The number of carbonyl (C=O) groups excluding carboxylic acids is 3. The highest BCUT2D eigenvalue weighted by Crippen LogP contribution is 2.34. The Morgan fingerprint density at radius 2 is 1.88 bits per heavy atom. The third kappa shape index (κ3) is 4.31. The quantitative estimate of drug-likeness (QED) is 0.666. The van der Waals surface area contributed by atoms with Crippen molar-refractivity contribution in [2.24, 2.45) is 0 Å².